The van der Waals surface area contributed by atoms with Crippen molar-refractivity contribution in [3.05, 3.63) is 29.8 Å². The number of hydrogen-bond donors (Lipinski definition) is 2. The first-order valence-corrected chi connectivity index (χ1v) is 7.31. The lowest BCUT2D eigenvalue weighted by molar-refractivity contribution is -0.121. The van der Waals surface area contributed by atoms with Crippen molar-refractivity contribution in [1.29, 1.82) is 0 Å². The van der Waals surface area contributed by atoms with Crippen molar-refractivity contribution in [1.82, 2.24) is 10.6 Å². The molecule has 0 aliphatic carbocycles. The van der Waals surface area contributed by atoms with E-state index in [4.69, 9.17) is 4.74 Å². The van der Waals surface area contributed by atoms with Gasteiger partial charge in [0.25, 0.3) is 0 Å². The van der Waals surface area contributed by atoms with Gasteiger partial charge in [-0.05, 0) is 24.5 Å². The zero-order valence-electron chi connectivity index (χ0n) is 12.5. The Morgan fingerprint density at radius 2 is 2.10 bits per heavy atom. The highest BCUT2D eigenvalue weighted by atomic mass is 16.5. The molecule has 4 heteroatoms. The molecular weight excluding hydrogens is 252 g/mol. The predicted octanol–water partition coefficient (Wildman–Crippen LogP) is 1.74. The highest BCUT2D eigenvalue weighted by molar-refractivity contribution is 5.78. The van der Waals surface area contributed by atoms with Gasteiger partial charge < -0.3 is 15.4 Å². The van der Waals surface area contributed by atoms with E-state index < -0.39 is 0 Å². The smallest absolute Gasteiger partial charge is 0.234 e. The topological polar surface area (TPSA) is 50.4 Å². The van der Waals surface area contributed by atoms with Crippen LogP contribution in [0.1, 0.15) is 26.3 Å². The molecule has 2 N–H and O–H groups in total. The van der Waals surface area contributed by atoms with Crippen molar-refractivity contribution < 1.29 is 9.53 Å². The third kappa shape index (κ3) is 3.97. The van der Waals surface area contributed by atoms with Crippen LogP contribution < -0.4 is 15.4 Å². The van der Waals surface area contributed by atoms with Gasteiger partial charge in [-0.1, -0.05) is 32.0 Å². The lowest BCUT2D eigenvalue weighted by Gasteiger charge is -2.18. The lowest BCUT2D eigenvalue weighted by atomic mass is 10.1. The van der Waals surface area contributed by atoms with Gasteiger partial charge in [0, 0.05) is 19.0 Å². The summed E-state index contributed by atoms with van der Waals surface area (Å²) in [6, 6.07) is 8.30. The van der Waals surface area contributed by atoms with Crippen molar-refractivity contribution in [3.63, 3.8) is 0 Å². The molecule has 4 nitrogen and oxygen atoms in total. The van der Waals surface area contributed by atoms with Crippen molar-refractivity contribution in [3.8, 4) is 5.75 Å². The largest absolute Gasteiger partial charge is 0.488 e. The molecule has 1 heterocycles. The second-order valence-electron chi connectivity index (χ2n) is 5.78. The summed E-state index contributed by atoms with van der Waals surface area (Å²) in [5.74, 6) is 1.46. The van der Waals surface area contributed by atoms with Gasteiger partial charge in [0.1, 0.15) is 11.9 Å². The van der Waals surface area contributed by atoms with Gasteiger partial charge in [-0.3, -0.25) is 4.79 Å². The SMILES string of the molecule is CC(C)C(C)NC(=O)CNCC1Cc2ccccc2O1. The molecule has 110 valence electrons. The molecular formula is C16H24N2O2. The molecule has 0 saturated carbocycles. The molecule has 0 saturated heterocycles. The summed E-state index contributed by atoms with van der Waals surface area (Å²) in [4.78, 5) is 11.7. The van der Waals surface area contributed by atoms with E-state index in [1.165, 1.54) is 5.56 Å². The molecule has 1 aliphatic rings. The average molecular weight is 276 g/mol. The highest BCUT2D eigenvalue weighted by Gasteiger charge is 2.22. The van der Waals surface area contributed by atoms with Gasteiger partial charge in [-0.25, -0.2) is 0 Å². The predicted molar refractivity (Wildman–Crippen MR) is 79.9 cm³/mol. The van der Waals surface area contributed by atoms with Crippen LogP contribution in [-0.4, -0.2) is 31.1 Å². The fourth-order valence-corrected chi connectivity index (χ4v) is 2.19. The summed E-state index contributed by atoms with van der Waals surface area (Å²) in [7, 11) is 0. The first-order valence-electron chi connectivity index (χ1n) is 7.31. The molecule has 2 atom stereocenters. The van der Waals surface area contributed by atoms with Crippen LogP contribution in [0, 0.1) is 5.92 Å². The molecule has 1 amide bonds. The third-order valence-electron chi connectivity index (χ3n) is 3.76. The Hall–Kier alpha value is -1.55. The van der Waals surface area contributed by atoms with Gasteiger partial charge in [0.05, 0.1) is 6.54 Å². The van der Waals surface area contributed by atoms with Gasteiger partial charge >= 0.3 is 0 Å². The number of hydrogen-bond acceptors (Lipinski definition) is 3. The second kappa shape index (κ2) is 6.75. The molecule has 2 rings (SSSR count). The van der Waals surface area contributed by atoms with Crippen LogP contribution >= 0.6 is 0 Å². The average Bonchev–Trinajstić information content (AvgIpc) is 2.81. The quantitative estimate of drug-likeness (QED) is 0.832. The van der Waals surface area contributed by atoms with Crippen LogP contribution in [0.15, 0.2) is 24.3 Å². The Balaban J connectivity index is 1.67. The van der Waals surface area contributed by atoms with Crippen LogP contribution in [0.5, 0.6) is 5.75 Å². The highest BCUT2D eigenvalue weighted by Crippen LogP contribution is 2.27. The number of benzene rings is 1. The van der Waals surface area contributed by atoms with E-state index in [-0.39, 0.29) is 18.1 Å². The maximum absolute atomic E-state index is 11.7. The number of para-hydroxylation sites is 1. The Morgan fingerprint density at radius 3 is 2.80 bits per heavy atom. The number of nitrogens with one attached hydrogen (secondary N) is 2. The van der Waals surface area contributed by atoms with Crippen LogP contribution in [0.2, 0.25) is 0 Å². The van der Waals surface area contributed by atoms with Crippen LogP contribution in [0.3, 0.4) is 0 Å². The molecule has 20 heavy (non-hydrogen) atoms. The summed E-state index contributed by atoms with van der Waals surface area (Å²) in [5.41, 5.74) is 1.25. The van der Waals surface area contributed by atoms with E-state index in [2.05, 4.69) is 30.5 Å². The molecule has 0 aromatic heterocycles. The number of fused-ring (bicyclic) bond motifs is 1. The molecule has 1 aromatic carbocycles. The van der Waals surface area contributed by atoms with E-state index in [0.29, 0.717) is 19.0 Å². The number of carbonyl (C=O) groups is 1. The third-order valence-corrected chi connectivity index (χ3v) is 3.76. The standard InChI is InChI=1S/C16H24N2O2/c1-11(2)12(3)18-16(19)10-17-9-14-8-13-6-4-5-7-15(13)20-14/h4-7,11-12,14,17H,8-10H2,1-3H3,(H,18,19). The zero-order chi connectivity index (χ0) is 14.5. The minimum absolute atomic E-state index is 0.0433. The van der Waals surface area contributed by atoms with E-state index in [9.17, 15) is 4.79 Å². The maximum Gasteiger partial charge on any atom is 0.234 e. The Morgan fingerprint density at radius 1 is 1.35 bits per heavy atom. The molecule has 1 aromatic rings. The van der Waals surface area contributed by atoms with E-state index in [1.807, 2.05) is 25.1 Å². The minimum Gasteiger partial charge on any atom is -0.488 e. The Labute approximate surface area is 120 Å². The Bertz CT molecular complexity index is 435. The monoisotopic (exact) mass is 276 g/mol. The van der Waals surface area contributed by atoms with Gasteiger partial charge in [0.15, 0.2) is 0 Å². The normalized spacial score (nSPS) is 18.5. The molecule has 0 spiro atoms. The summed E-state index contributed by atoms with van der Waals surface area (Å²) in [5, 5.41) is 6.15. The van der Waals surface area contributed by atoms with Crippen molar-refractivity contribution >= 4 is 5.91 Å². The molecule has 0 radical (unpaired) electrons. The fraction of sp³-hybridized carbons (Fsp3) is 0.562. The van der Waals surface area contributed by atoms with Crippen LogP contribution in [-0.2, 0) is 11.2 Å². The van der Waals surface area contributed by atoms with Crippen molar-refractivity contribution in [2.75, 3.05) is 13.1 Å². The molecule has 0 fully saturated rings. The number of ether oxygens (including phenoxy) is 1. The molecule has 2 unspecified atom stereocenters. The number of rotatable bonds is 6. The van der Waals surface area contributed by atoms with E-state index >= 15 is 0 Å². The van der Waals surface area contributed by atoms with E-state index in [1.54, 1.807) is 0 Å². The van der Waals surface area contributed by atoms with E-state index in [0.717, 1.165) is 12.2 Å². The first kappa shape index (κ1) is 14.9. The van der Waals surface area contributed by atoms with Gasteiger partial charge in [-0.2, -0.15) is 0 Å². The van der Waals surface area contributed by atoms with Gasteiger partial charge in [0.2, 0.25) is 5.91 Å². The second-order valence-corrected chi connectivity index (χ2v) is 5.78. The maximum atomic E-state index is 11.7. The lowest BCUT2D eigenvalue weighted by Crippen LogP contribution is -2.43. The van der Waals surface area contributed by atoms with Crippen LogP contribution in [0.25, 0.3) is 0 Å². The number of carbonyl (C=O) groups excluding carboxylic acids is 1. The fourth-order valence-electron chi connectivity index (χ4n) is 2.19. The Kier molecular flexibility index (Phi) is 5.01. The zero-order valence-corrected chi connectivity index (χ0v) is 12.5. The summed E-state index contributed by atoms with van der Waals surface area (Å²) < 4.78 is 5.81. The van der Waals surface area contributed by atoms with Crippen LogP contribution in [0.4, 0.5) is 0 Å². The van der Waals surface area contributed by atoms with Crippen molar-refractivity contribution in [2.24, 2.45) is 5.92 Å². The summed E-state index contributed by atoms with van der Waals surface area (Å²) >= 11 is 0. The van der Waals surface area contributed by atoms with Gasteiger partial charge in [-0.15, -0.1) is 0 Å². The molecule has 1 aliphatic heterocycles. The van der Waals surface area contributed by atoms with Crippen molar-refractivity contribution in [2.45, 2.75) is 39.3 Å². The summed E-state index contributed by atoms with van der Waals surface area (Å²) in [6.45, 7) is 7.26. The summed E-state index contributed by atoms with van der Waals surface area (Å²) in [6.07, 6.45) is 1.04. The molecule has 0 bridgehead atoms. The minimum atomic E-state index is 0.0433. The number of amides is 1. The first-order chi connectivity index (χ1) is 9.56.